The van der Waals surface area contributed by atoms with Crippen LogP contribution in [0.1, 0.15) is 18.4 Å². The summed E-state index contributed by atoms with van der Waals surface area (Å²) < 4.78 is 1.05. The van der Waals surface area contributed by atoms with E-state index in [1.807, 2.05) is 12.4 Å². The van der Waals surface area contributed by atoms with Crippen molar-refractivity contribution in [3.63, 3.8) is 0 Å². The molecule has 1 aliphatic rings. The van der Waals surface area contributed by atoms with E-state index in [0.29, 0.717) is 0 Å². The molecule has 0 saturated carbocycles. The smallest absolute Gasteiger partial charge is 0.0410 e. The van der Waals surface area contributed by atoms with Crippen LogP contribution >= 0.6 is 15.9 Å². The fraction of sp³-hybridized carbons (Fsp3) is 0.583. The summed E-state index contributed by atoms with van der Waals surface area (Å²) in [5.41, 5.74) is 1.23. The highest BCUT2D eigenvalue weighted by atomic mass is 79.9. The zero-order valence-electron chi connectivity index (χ0n) is 9.45. The molecule has 0 radical (unpaired) electrons. The van der Waals surface area contributed by atoms with Gasteiger partial charge in [0, 0.05) is 36.5 Å². The molecule has 0 aliphatic carbocycles. The van der Waals surface area contributed by atoms with E-state index in [9.17, 15) is 0 Å². The maximum Gasteiger partial charge on any atom is 0.0410 e. The molecule has 0 aromatic carbocycles. The van der Waals surface area contributed by atoms with Gasteiger partial charge in [-0.15, -0.1) is 0 Å². The first-order chi connectivity index (χ1) is 7.84. The van der Waals surface area contributed by atoms with Gasteiger partial charge in [-0.05, 0) is 53.5 Å². The van der Waals surface area contributed by atoms with Gasteiger partial charge in [0.15, 0.2) is 0 Å². The van der Waals surface area contributed by atoms with Crippen LogP contribution in [-0.2, 0) is 6.54 Å². The van der Waals surface area contributed by atoms with Crippen molar-refractivity contribution in [1.82, 2.24) is 15.2 Å². The third-order valence-corrected chi connectivity index (χ3v) is 3.33. The van der Waals surface area contributed by atoms with E-state index in [0.717, 1.165) is 17.6 Å². The van der Waals surface area contributed by atoms with Crippen LogP contribution in [0.2, 0.25) is 0 Å². The van der Waals surface area contributed by atoms with Gasteiger partial charge in [0.25, 0.3) is 0 Å². The summed E-state index contributed by atoms with van der Waals surface area (Å²) in [6.07, 6.45) is 6.46. The summed E-state index contributed by atoms with van der Waals surface area (Å²) in [4.78, 5) is 6.66. The minimum Gasteiger partial charge on any atom is -0.311 e. The Labute approximate surface area is 105 Å². The van der Waals surface area contributed by atoms with E-state index in [1.165, 1.54) is 38.0 Å². The Bertz CT molecular complexity index is 324. The maximum absolute atomic E-state index is 4.14. The second-order valence-electron chi connectivity index (χ2n) is 4.24. The van der Waals surface area contributed by atoms with Gasteiger partial charge in [-0.25, -0.2) is 0 Å². The Hall–Kier alpha value is -0.450. The highest BCUT2D eigenvalue weighted by molar-refractivity contribution is 9.10. The minimum absolute atomic E-state index is 0.903. The van der Waals surface area contributed by atoms with Crippen LogP contribution in [0.25, 0.3) is 0 Å². The van der Waals surface area contributed by atoms with Gasteiger partial charge in [0.2, 0.25) is 0 Å². The van der Waals surface area contributed by atoms with Crippen molar-refractivity contribution in [2.75, 3.05) is 26.2 Å². The average molecular weight is 284 g/mol. The van der Waals surface area contributed by atoms with Crippen LogP contribution in [0.15, 0.2) is 22.9 Å². The number of nitrogens with zero attached hydrogens (tertiary/aromatic N) is 2. The number of pyridine rings is 1. The first-order valence-electron chi connectivity index (χ1n) is 5.87. The second-order valence-corrected chi connectivity index (χ2v) is 5.15. The van der Waals surface area contributed by atoms with Crippen LogP contribution in [0.3, 0.4) is 0 Å². The topological polar surface area (TPSA) is 28.2 Å². The molecule has 0 unspecified atom stereocenters. The average Bonchev–Trinajstić information content (AvgIpc) is 2.77. The van der Waals surface area contributed by atoms with Crippen molar-refractivity contribution in [2.45, 2.75) is 19.4 Å². The standard InChI is InChI=1S/C12H18BrN3/c13-12-7-11(9-15-10-12)8-14-3-6-16-4-1-2-5-16/h7,9-10,14H,1-6,8H2. The van der Waals surface area contributed by atoms with Gasteiger partial charge in [0.05, 0.1) is 0 Å². The largest absolute Gasteiger partial charge is 0.311 e. The monoisotopic (exact) mass is 283 g/mol. The molecule has 16 heavy (non-hydrogen) atoms. The molecule has 0 atom stereocenters. The molecule has 1 fully saturated rings. The first kappa shape index (κ1) is 12.0. The number of nitrogens with one attached hydrogen (secondary N) is 1. The summed E-state index contributed by atoms with van der Waals surface area (Å²) in [5.74, 6) is 0. The normalized spacial score (nSPS) is 16.8. The molecule has 0 spiro atoms. The molecular formula is C12H18BrN3. The van der Waals surface area contributed by atoms with Crippen molar-refractivity contribution >= 4 is 15.9 Å². The van der Waals surface area contributed by atoms with Gasteiger partial charge in [0.1, 0.15) is 0 Å². The van der Waals surface area contributed by atoms with Gasteiger partial charge in [-0.2, -0.15) is 0 Å². The lowest BCUT2D eigenvalue weighted by Crippen LogP contribution is -2.29. The molecule has 3 nitrogen and oxygen atoms in total. The predicted molar refractivity (Wildman–Crippen MR) is 69.3 cm³/mol. The molecule has 4 heteroatoms. The zero-order valence-corrected chi connectivity index (χ0v) is 11.0. The van der Waals surface area contributed by atoms with Crippen LogP contribution in [0, 0.1) is 0 Å². The van der Waals surface area contributed by atoms with Crippen LogP contribution in [0.4, 0.5) is 0 Å². The highest BCUT2D eigenvalue weighted by Crippen LogP contribution is 2.09. The molecule has 1 N–H and O–H groups in total. The Kier molecular flexibility index (Phi) is 4.75. The maximum atomic E-state index is 4.14. The number of hydrogen-bond acceptors (Lipinski definition) is 3. The molecule has 0 bridgehead atoms. The highest BCUT2D eigenvalue weighted by Gasteiger charge is 2.09. The summed E-state index contributed by atoms with van der Waals surface area (Å²) in [6, 6.07) is 2.11. The summed E-state index contributed by atoms with van der Waals surface area (Å²) in [7, 11) is 0. The number of aromatic nitrogens is 1. The van der Waals surface area contributed by atoms with Crippen molar-refractivity contribution in [2.24, 2.45) is 0 Å². The second kappa shape index (κ2) is 6.33. The van der Waals surface area contributed by atoms with E-state index >= 15 is 0 Å². The number of likely N-dealkylation sites (tertiary alicyclic amines) is 1. The quantitative estimate of drug-likeness (QED) is 0.839. The summed E-state index contributed by atoms with van der Waals surface area (Å²) >= 11 is 3.43. The van der Waals surface area contributed by atoms with E-state index < -0.39 is 0 Å². The zero-order chi connectivity index (χ0) is 11.2. The lowest BCUT2D eigenvalue weighted by Gasteiger charge is -2.14. The molecule has 88 valence electrons. The van der Waals surface area contributed by atoms with E-state index in [4.69, 9.17) is 0 Å². The molecule has 1 saturated heterocycles. The van der Waals surface area contributed by atoms with Crippen molar-refractivity contribution < 1.29 is 0 Å². The molecule has 1 aliphatic heterocycles. The summed E-state index contributed by atoms with van der Waals surface area (Å²) in [5, 5.41) is 3.45. The molecule has 2 heterocycles. The molecule has 1 aromatic heterocycles. The molecule has 1 aromatic rings. The Balaban J connectivity index is 1.64. The molecular weight excluding hydrogens is 266 g/mol. The fourth-order valence-electron chi connectivity index (χ4n) is 2.03. The first-order valence-corrected chi connectivity index (χ1v) is 6.66. The number of rotatable bonds is 5. The minimum atomic E-state index is 0.903. The Morgan fingerprint density at radius 2 is 2.12 bits per heavy atom. The number of halogens is 1. The number of hydrogen-bond donors (Lipinski definition) is 1. The molecule has 2 rings (SSSR count). The van der Waals surface area contributed by atoms with Gasteiger partial charge in [-0.1, -0.05) is 0 Å². The fourth-order valence-corrected chi connectivity index (χ4v) is 2.44. The SMILES string of the molecule is Brc1cncc(CNCCN2CCCC2)c1. The van der Waals surface area contributed by atoms with Crippen molar-refractivity contribution in [3.05, 3.63) is 28.5 Å². The van der Waals surface area contributed by atoms with Crippen LogP contribution in [-0.4, -0.2) is 36.1 Å². The lowest BCUT2D eigenvalue weighted by atomic mass is 10.3. The summed E-state index contributed by atoms with van der Waals surface area (Å²) in [6.45, 7) is 5.69. The van der Waals surface area contributed by atoms with E-state index in [1.54, 1.807) is 0 Å². The third-order valence-electron chi connectivity index (χ3n) is 2.89. The van der Waals surface area contributed by atoms with Gasteiger partial charge >= 0.3 is 0 Å². The third kappa shape index (κ3) is 3.85. The van der Waals surface area contributed by atoms with Gasteiger partial charge < -0.3 is 10.2 Å². The van der Waals surface area contributed by atoms with Crippen LogP contribution in [0.5, 0.6) is 0 Å². The van der Waals surface area contributed by atoms with Gasteiger partial charge in [-0.3, -0.25) is 4.98 Å². The predicted octanol–water partition coefficient (Wildman–Crippen LogP) is 2.03. The molecule has 0 amide bonds. The van der Waals surface area contributed by atoms with E-state index in [-0.39, 0.29) is 0 Å². The Morgan fingerprint density at radius 1 is 1.31 bits per heavy atom. The van der Waals surface area contributed by atoms with E-state index in [2.05, 4.69) is 37.2 Å². The lowest BCUT2D eigenvalue weighted by molar-refractivity contribution is 0.335. The Morgan fingerprint density at radius 3 is 2.88 bits per heavy atom. The van der Waals surface area contributed by atoms with Crippen molar-refractivity contribution in [3.8, 4) is 0 Å². The van der Waals surface area contributed by atoms with Crippen molar-refractivity contribution in [1.29, 1.82) is 0 Å². The van der Waals surface area contributed by atoms with Crippen LogP contribution < -0.4 is 5.32 Å².